The van der Waals surface area contributed by atoms with Crippen molar-refractivity contribution in [2.24, 2.45) is 11.8 Å². The number of benzene rings is 5. The van der Waals surface area contributed by atoms with Gasteiger partial charge in [-0.1, -0.05) is 60.4 Å². The van der Waals surface area contributed by atoms with Crippen molar-refractivity contribution in [1.82, 2.24) is 0 Å². The van der Waals surface area contributed by atoms with Crippen molar-refractivity contribution in [2.75, 3.05) is 24.2 Å². The predicted molar refractivity (Wildman–Crippen MR) is 222 cm³/mol. The fraction of sp³-hybridized carbons (Fsp3) is 0.240. The van der Waals surface area contributed by atoms with Crippen molar-refractivity contribution >= 4 is 22.9 Å². The monoisotopic (exact) mass is 764 g/mol. The Bertz CT molecular complexity index is 2700. The van der Waals surface area contributed by atoms with Gasteiger partial charge in [0, 0.05) is 51.5 Å². The highest BCUT2D eigenvalue weighted by Gasteiger charge is 2.44. The molecule has 58 heavy (non-hydrogen) atoms. The van der Waals surface area contributed by atoms with E-state index in [0.717, 1.165) is 85.8 Å². The molecule has 5 aromatic rings. The Kier molecular flexibility index (Phi) is 8.01. The molecule has 6 aliphatic rings. The van der Waals surface area contributed by atoms with Gasteiger partial charge >= 0.3 is 0 Å². The number of carbonyl (C=O) groups is 2. The van der Waals surface area contributed by atoms with Crippen LogP contribution in [0.5, 0.6) is 23.0 Å². The highest BCUT2D eigenvalue weighted by molar-refractivity contribution is 5.95. The van der Waals surface area contributed by atoms with Crippen LogP contribution in [0.25, 0.3) is 11.1 Å². The van der Waals surface area contributed by atoms with Crippen LogP contribution in [0.2, 0.25) is 0 Å². The van der Waals surface area contributed by atoms with E-state index in [1.54, 1.807) is 13.8 Å². The molecule has 2 N–H and O–H groups in total. The molecule has 11 rings (SSSR count). The van der Waals surface area contributed by atoms with Crippen molar-refractivity contribution in [3.63, 3.8) is 0 Å². The van der Waals surface area contributed by atoms with Crippen LogP contribution >= 0.6 is 0 Å². The maximum absolute atomic E-state index is 12.8. The van der Waals surface area contributed by atoms with Crippen LogP contribution in [0.1, 0.15) is 99.1 Å². The number of carbonyl (C=O) groups excluding carboxylic acids is 2. The van der Waals surface area contributed by atoms with E-state index in [2.05, 4.69) is 89.2 Å². The predicted octanol–water partition coefficient (Wildman–Crippen LogP) is 10.3. The summed E-state index contributed by atoms with van der Waals surface area (Å²) in [7, 11) is 0. The Morgan fingerprint density at radius 1 is 0.621 bits per heavy atom. The lowest BCUT2D eigenvalue weighted by atomic mass is 9.73. The van der Waals surface area contributed by atoms with Crippen molar-refractivity contribution in [1.29, 1.82) is 0 Å². The lowest BCUT2D eigenvalue weighted by molar-refractivity contribution is 0.100. The van der Waals surface area contributed by atoms with Gasteiger partial charge in [0.05, 0.1) is 12.1 Å². The largest absolute Gasteiger partial charge is 0.454 e. The molecule has 0 saturated heterocycles. The Morgan fingerprint density at radius 2 is 1.24 bits per heavy atom. The molecule has 0 radical (unpaired) electrons. The molecule has 2 aliphatic carbocycles. The third-order valence-electron chi connectivity index (χ3n) is 12.9. The molecule has 6 unspecified atom stereocenters. The number of Topliss-reactive ketones (excluding diaryl/α,β-unsaturated/α-hetero) is 2. The minimum Gasteiger partial charge on any atom is -0.454 e. The maximum Gasteiger partial charge on any atom is 0.231 e. The second kappa shape index (κ2) is 13.5. The quantitative estimate of drug-likeness (QED) is 0.104. The molecule has 0 aromatic heterocycles. The summed E-state index contributed by atoms with van der Waals surface area (Å²) in [5.41, 5.74) is 11.9. The molecule has 6 atom stereocenters. The van der Waals surface area contributed by atoms with Gasteiger partial charge in [0.15, 0.2) is 34.6 Å². The van der Waals surface area contributed by atoms with E-state index < -0.39 is 0 Å². The van der Waals surface area contributed by atoms with E-state index in [9.17, 15) is 9.59 Å². The molecule has 0 saturated carbocycles. The minimum absolute atomic E-state index is 0.0296. The third kappa shape index (κ3) is 5.60. The van der Waals surface area contributed by atoms with Crippen LogP contribution in [-0.2, 0) is 0 Å². The van der Waals surface area contributed by atoms with Gasteiger partial charge in [-0.3, -0.25) is 9.59 Å². The number of rotatable bonds is 5. The molecular formula is C50H40N2O6. The van der Waals surface area contributed by atoms with Crippen LogP contribution < -0.4 is 29.6 Å². The van der Waals surface area contributed by atoms with E-state index in [-0.39, 0.29) is 60.9 Å². The molecule has 4 aliphatic heterocycles. The van der Waals surface area contributed by atoms with Crippen molar-refractivity contribution in [2.45, 2.75) is 50.6 Å². The summed E-state index contributed by atoms with van der Waals surface area (Å²) in [6.07, 6.45) is 8.52. The number of ether oxygens (including phenoxy) is 4. The van der Waals surface area contributed by atoms with Crippen molar-refractivity contribution < 1.29 is 28.5 Å². The summed E-state index contributed by atoms with van der Waals surface area (Å²) < 4.78 is 23.7. The lowest BCUT2D eigenvalue weighted by Crippen LogP contribution is -2.30. The van der Waals surface area contributed by atoms with Crippen LogP contribution in [0.4, 0.5) is 11.4 Å². The summed E-state index contributed by atoms with van der Waals surface area (Å²) in [5, 5.41) is 7.77. The average molecular weight is 765 g/mol. The highest BCUT2D eigenvalue weighted by atomic mass is 16.7. The van der Waals surface area contributed by atoms with E-state index in [0.29, 0.717) is 17.1 Å². The molecule has 8 nitrogen and oxygen atoms in total. The number of hydrogen-bond acceptors (Lipinski definition) is 8. The normalized spacial score (nSPS) is 23.6. The minimum atomic E-state index is -0.0798. The molecule has 5 aromatic carbocycles. The molecule has 0 bridgehead atoms. The van der Waals surface area contributed by atoms with Crippen molar-refractivity contribution in [3.05, 3.63) is 154 Å². The highest BCUT2D eigenvalue weighted by Crippen LogP contribution is 2.56. The van der Waals surface area contributed by atoms with Gasteiger partial charge in [-0.05, 0) is 127 Å². The van der Waals surface area contributed by atoms with Crippen molar-refractivity contribution in [3.8, 4) is 46.0 Å². The first-order chi connectivity index (χ1) is 28.4. The summed E-state index contributed by atoms with van der Waals surface area (Å²) >= 11 is 0. The zero-order valence-electron chi connectivity index (χ0n) is 32.1. The van der Waals surface area contributed by atoms with Gasteiger partial charge in [0.1, 0.15) is 0 Å². The summed E-state index contributed by atoms with van der Waals surface area (Å²) in [6, 6.07) is 30.6. The molecule has 0 spiro atoms. The molecular weight excluding hydrogens is 725 g/mol. The second-order valence-electron chi connectivity index (χ2n) is 16.1. The number of allylic oxidation sites excluding steroid dienone is 4. The van der Waals surface area contributed by atoms with E-state index >= 15 is 0 Å². The van der Waals surface area contributed by atoms with E-state index in [4.69, 9.17) is 18.9 Å². The Hall–Kier alpha value is -6.72. The van der Waals surface area contributed by atoms with Crippen LogP contribution in [0.3, 0.4) is 0 Å². The molecule has 0 fully saturated rings. The Labute approximate surface area is 336 Å². The first kappa shape index (κ1) is 34.5. The smallest absolute Gasteiger partial charge is 0.231 e. The summed E-state index contributed by atoms with van der Waals surface area (Å²) in [4.78, 5) is 25.1. The van der Waals surface area contributed by atoms with Gasteiger partial charge in [0.25, 0.3) is 0 Å². The second-order valence-corrected chi connectivity index (χ2v) is 16.1. The Balaban J connectivity index is 1.01. The van der Waals surface area contributed by atoms with Crippen LogP contribution in [0.15, 0.2) is 115 Å². The van der Waals surface area contributed by atoms with Gasteiger partial charge in [-0.15, -0.1) is 0 Å². The van der Waals surface area contributed by atoms with Gasteiger partial charge < -0.3 is 29.6 Å². The Morgan fingerprint density at radius 3 is 1.95 bits per heavy atom. The first-order valence-electron chi connectivity index (χ1n) is 20.0. The third-order valence-corrected chi connectivity index (χ3v) is 12.9. The topological polar surface area (TPSA) is 95.1 Å². The molecule has 4 heterocycles. The molecule has 0 amide bonds. The zero-order chi connectivity index (χ0) is 39.1. The van der Waals surface area contributed by atoms with E-state index in [1.165, 1.54) is 0 Å². The fourth-order valence-electron chi connectivity index (χ4n) is 10.0. The number of nitrogens with one attached hydrogen (secondary N) is 2. The fourth-order valence-corrected chi connectivity index (χ4v) is 10.0. The van der Waals surface area contributed by atoms with Crippen LogP contribution in [-0.4, -0.2) is 25.2 Å². The number of hydrogen-bond donors (Lipinski definition) is 2. The first-order valence-corrected chi connectivity index (χ1v) is 20.0. The summed E-state index contributed by atoms with van der Waals surface area (Å²) in [5.74, 6) is 10.8. The lowest BCUT2D eigenvalue weighted by Gasteiger charge is -2.39. The number of anilines is 2. The van der Waals surface area contributed by atoms with Gasteiger partial charge in [-0.25, -0.2) is 0 Å². The van der Waals surface area contributed by atoms with Crippen LogP contribution in [0, 0.1) is 23.7 Å². The van der Waals surface area contributed by atoms with E-state index in [1.807, 2.05) is 42.5 Å². The standard InChI is InChI=1S/C50H40N2O6/c1-27(53)31-14-17-42-39(19-31)34-9-6-10-35(34)49(51-42)38-23-46-44(55-25-57-46)21-33(38)12-11-30-13-16-36-48(30)41-20-32(28(2)54)15-18-43(41)52-50(36)40-24-47-45(56-26-58-47)22-37(40)29-7-4-3-5-8-29/h3-9,13-15,17-24,34-36,48-52H,10,16,25-26H2,1-2H3. The molecule has 8 heteroatoms. The number of fused-ring (bicyclic) bond motifs is 8. The SMILES string of the molecule is CC(=O)c1ccc2c(c1)C1C=CCC1C(c1cc3c(cc1C#CC1=CCC4C(c5cc6c(cc5-c5ccccc5)OCO6)Nc5ccc(C(C)=O)cc5C14)OCO3)N2. The average Bonchev–Trinajstić information content (AvgIpc) is 4.08. The van der Waals surface area contributed by atoms with Gasteiger partial charge in [-0.2, -0.15) is 0 Å². The molecule has 286 valence electrons. The number of ketones is 2. The summed E-state index contributed by atoms with van der Waals surface area (Å²) in [6.45, 7) is 3.59. The van der Waals surface area contributed by atoms with Gasteiger partial charge in [0.2, 0.25) is 13.6 Å². The maximum atomic E-state index is 12.8. The zero-order valence-corrected chi connectivity index (χ0v) is 32.1.